The molecule has 1 N–H and O–H groups in total. The molecule has 30 heavy (non-hydrogen) atoms. The van der Waals surface area contributed by atoms with Gasteiger partial charge in [-0.25, -0.2) is 4.98 Å². The van der Waals surface area contributed by atoms with Crippen molar-refractivity contribution in [2.75, 3.05) is 12.5 Å². The zero-order valence-electron chi connectivity index (χ0n) is 15.8. The van der Waals surface area contributed by atoms with Crippen LogP contribution in [0.2, 0.25) is 5.02 Å². The number of hydrogen-bond acceptors (Lipinski definition) is 5. The highest BCUT2D eigenvalue weighted by molar-refractivity contribution is 6.32. The van der Waals surface area contributed by atoms with Crippen molar-refractivity contribution in [3.05, 3.63) is 82.5 Å². The Balaban J connectivity index is 1.68. The first kappa shape index (κ1) is 21.4. The van der Waals surface area contributed by atoms with E-state index in [2.05, 4.69) is 15.5 Å². The molecule has 1 aromatic heterocycles. The third-order valence-electron chi connectivity index (χ3n) is 3.96. The van der Waals surface area contributed by atoms with Crippen molar-refractivity contribution in [2.24, 2.45) is 5.10 Å². The SMILES string of the molecule is COc1cc(/C=N\Nc2ccc(C(F)(F)F)cn2)cc(Cl)c1OCc1ccccc1. The van der Waals surface area contributed by atoms with Crippen molar-refractivity contribution in [3.63, 3.8) is 0 Å². The molecule has 0 unspecified atom stereocenters. The Morgan fingerprint density at radius 2 is 1.90 bits per heavy atom. The van der Waals surface area contributed by atoms with Gasteiger partial charge in [-0.15, -0.1) is 0 Å². The number of alkyl halides is 3. The smallest absolute Gasteiger partial charge is 0.417 e. The van der Waals surface area contributed by atoms with Gasteiger partial charge in [-0.1, -0.05) is 41.9 Å². The summed E-state index contributed by atoms with van der Waals surface area (Å²) in [6.07, 6.45) is -2.27. The monoisotopic (exact) mass is 435 g/mol. The van der Waals surface area contributed by atoms with Crippen molar-refractivity contribution in [3.8, 4) is 11.5 Å². The Hall–Kier alpha value is -3.26. The minimum atomic E-state index is -4.44. The second-order valence-electron chi connectivity index (χ2n) is 6.11. The van der Waals surface area contributed by atoms with Gasteiger partial charge in [0.15, 0.2) is 11.5 Å². The molecule has 0 atom stereocenters. The number of nitrogens with one attached hydrogen (secondary N) is 1. The van der Waals surface area contributed by atoms with Crippen molar-refractivity contribution < 1.29 is 22.6 Å². The lowest BCUT2D eigenvalue weighted by Gasteiger charge is -2.13. The molecule has 0 bridgehead atoms. The zero-order valence-corrected chi connectivity index (χ0v) is 16.5. The summed E-state index contributed by atoms with van der Waals surface area (Å²) >= 11 is 6.33. The number of rotatable bonds is 7. The van der Waals surface area contributed by atoms with Gasteiger partial charge in [-0.05, 0) is 35.4 Å². The highest BCUT2D eigenvalue weighted by Crippen LogP contribution is 2.36. The summed E-state index contributed by atoms with van der Waals surface area (Å²) in [6.45, 7) is 0.325. The van der Waals surface area contributed by atoms with Crippen LogP contribution in [0.3, 0.4) is 0 Å². The predicted molar refractivity (Wildman–Crippen MR) is 109 cm³/mol. The van der Waals surface area contributed by atoms with Crippen molar-refractivity contribution in [1.82, 2.24) is 4.98 Å². The molecule has 0 amide bonds. The number of hydrogen-bond donors (Lipinski definition) is 1. The predicted octanol–water partition coefficient (Wildman–Crippen LogP) is 5.79. The van der Waals surface area contributed by atoms with Crippen LogP contribution in [-0.2, 0) is 12.8 Å². The van der Waals surface area contributed by atoms with E-state index in [1.54, 1.807) is 12.1 Å². The summed E-state index contributed by atoms with van der Waals surface area (Å²) in [5, 5.41) is 4.30. The second-order valence-corrected chi connectivity index (χ2v) is 6.52. The average Bonchev–Trinajstić information content (AvgIpc) is 2.73. The van der Waals surface area contributed by atoms with E-state index in [0.717, 1.165) is 17.8 Å². The molecule has 0 aliphatic rings. The third kappa shape index (κ3) is 5.64. The fourth-order valence-corrected chi connectivity index (χ4v) is 2.76. The Morgan fingerprint density at radius 1 is 1.13 bits per heavy atom. The lowest BCUT2D eigenvalue weighted by Crippen LogP contribution is -2.05. The van der Waals surface area contributed by atoms with Gasteiger partial charge >= 0.3 is 6.18 Å². The fraction of sp³-hybridized carbons (Fsp3) is 0.143. The number of nitrogens with zero attached hydrogens (tertiary/aromatic N) is 2. The lowest BCUT2D eigenvalue weighted by atomic mass is 10.2. The molecule has 3 rings (SSSR count). The van der Waals surface area contributed by atoms with E-state index < -0.39 is 11.7 Å². The quantitative estimate of drug-likeness (QED) is 0.377. The Labute approximate surface area is 176 Å². The molecule has 0 radical (unpaired) electrons. The zero-order chi connectivity index (χ0) is 21.6. The van der Waals surface area contributed by atoms with Gasteiger partial charge in [0.1, 0.15) is 12.4 Å². The molecule has 0 fully saturated rings. The second kappa shape index (κ2) is 9.49. The van der Waals surface area contributed by atoms with E-state index >= 15 is 0 Å². The number of ether oxygens (including phenoxy) is 2. The van der Waals surface area contributed by atoms with Crippen LogP contribution in [0, 0.1) is 0 Å². The third-order valence-corrected chi connectivity index (χ3v) is 4.24. The first-order valence-electron chi connectivity index (χ1n) is 8.73. The summed E-state index contributed by atoms with van der Waals surface area (Å²) in [5.41, 5.74) is 3.31. The Morgan fingerprint density at radius 3 is 2.53 bits per heavy atom. The van der Waals surface area contributed by atoms with Crippen molar-refractivity contribution in [2.45, 2.75) is 12.8 Å². The summed E-state index contributed by atoms with van der Waals surface area (Å²) < 4.78 is 48.8. The molecule has 0 aliphatic heterocycles. The maximum atomic E-state index is 12.6. The number of aromatic nitrogens is 1. The van der Waals surface area contributed by atoms with E-state index in [1.165, 1.54) is 19.4 Å². The van der Waals surface area contributed by atoms with Crippen LogP contribution in [-0.4, -0.2) is 18.3 Å². The molecule has 0 saturated carbocycles. The minimum absolute atomic E-state index is 0.167. The normalized spacial score (nSPS) is 11.5. The number of halogens is 4. The van der Waals surface area contributed by atoms with Crippen molar-refractivity contribution >= 4 is 23.6 Å². The number of pyridine rings is 1. The van der Waals surface area contributed by atoms with Crippen molar-refractivity contribution in [1.29, 1.82) is 0 Å². The van der Waals surface area contributed by atoms with E-state index in [1.807, 2.05) is 30.3 Å². The highest BCUT2D eigenvalue weighted by Gasteiger charge is 2.30. The molecule has 5 nitrogen and oxygen atoms in total. The molecular weight excluding hydrogens is 419 g/mol. The fourth-order valence-electron chi connectivity index (χ4n) is 2.48. The van der Waals surface area contributed by atoms with Crippen LogP contribution >= 0.6 is 11.6 Å². The maximum Gasteiger partial charge on any atom is 0.417 e. The largest absolute Gasteiger partial charge is 0.493 e. The van der Waals surface area contributed by atoms with Gasteiger partial charge in [0.05, 0.1) is 23.9 Å². The molecule has 0 saturated heterocycles. The number of methoxy groups -OCH3 is 1. The van der Waals surface area contributed by atoms with Crippen LogP contribution in [0.1, 0.15) is 16.7 Å². The standard InChI is InChI=1S/C21H17ClF3N3O2/c1-29-18-10-15(9-17(22)20(18)30-13-14-5-3-2-4-6-14)11-27-28-19-8-7-16(12-26-19)21(23,24)25/h2-12H,13H2,1H3,(H,26,28)/b27-11-. The topological polar surface area (TPSA) is 55.7 Å². The molecule has 1 heterocycles. The lowest BCUT2D eigenvalue weighted by molar-refractivity contribution is -0.137. The molecule has 0 spiro atoms. The Kier molecular flexibility index (Phi) is 6.79. The molecule has 2 aromatic carbocycles. The Bertz CT molecular complexity index is 1010. The molecule has 0 aliphatic carbocycles. The molecule has 9 heteroatoms. The highest BCUT2D eigenvalue weighted by atomic mass is 35.5. The summed E-state index contributed by atoms with van der Waals surface area (Å²) in [5.74, 6) is 0.991. The molecule has 3 aromatic rings. The van der Waals surface area contributed by atoms with E-state index in [4.69, 9.17) is 21.1 Å². The number of benzene rings is 2. The summed E-state index contributed by atoms with van der Waals surface area (Å²) in [6, 6.07) is 15.0. The van der Waals surface area contributed by atoms with Gasteiger partial charge in [0, 0.05) is 6.20 Å². The average molecular weight is 436 g/mol. The van der Waals surface area contributed by atoms with Crippen LogP contribution in [0.15, 0.2) is 65.9 Å². The van der Waals surface area contributed by atoms with Gasteiger partial charge in [-0.2, -0.15) is 18.3 Å². The van der Waals surface area contributed by atoms with E-state index in [9.17, 15) is 13.2 Å². The van der Waals surface area contributed by atoms with Gasteiger partial charge in [0.2, 0.25) is 0 Å². The van der Waals surface area contributed by atoms with E-state index in [-0.39, 0.29) is 5.82 Å². The summed E-state index contributed by atoms with van der Waals surface area (Å²) in [7, 11) is 1.49. The first-order chi connectivity index (χ1) is 14.4. The number of hydrazone groups is 1. The van der Waals surface area contributed by atoms with Gasteiger partial charge in [0.25, 0.3) is 0 Å². The van der Waals surface area contributed by atoms with E-state index in [0.29, 0.717) is 28.7 Å². The van der Waals surface area contributed by atoms with Crippen LogP contribution in [0.5, 0.6) is 11.5 Å². The minimum Gasteiger partial charge on any atom is -0.493 e. The van der Waals surface area contributed by atoms with Crippen LogP contribution in [0.4, 0.5) is 19.0 Å². The van der Waals surface area contributed by atoms with Crippen LogP contribution < -0.4 is 14.9 Å². The van der Waals surface area contributed by atoms with Gasteiger partial charge < -0.3 is 9.47 Å². The maximum absolute atomic E-state index is 12.6. The van der Waals surface area contributed by atoms with Crippen LogP contribution in [0.25, 0.3) is 0 Å². The molecule has 156 valence electrons. The number of anilines is 1. The first-order valence-corrected chi connectivity index (χ1v) is 9.11. The molecular formula is C21H17ClF3N3O2. The summed E-state index contributed by atoms with van der Waals surface area (Å²) in [4.78, 5) is 3.68. The van der Waals surface area contributed by atoms with Gasteiger partial charge in [-0.3, -0.25) is 5.43 Å².